The fourth-order valence-electron chi connectivity index (χ4n) is 3.15. The van der Waals surface area contributed by atoms with E-state index in [1.165, 1.54) is 25.8 Å². The Morgan fingerprint density at radius 3 is 2.79 bits per heavy atom. The topological polar surface area (TPSA) is 93.9 Å². The van der Waals surface area contributed by atoms with E-state index in [9.17, 15) is 14.0 Å². The number of nitrogens with zero attached hydrogens (tertiary/aromatic N) is 2. The average Bonchev–Trinajstić information content (AvgIpc) is 3.22. The summed E-state index contributed by atoms with van der Waals surface area (Å²) in [5.74, 6) is 0.319. The fourth-order valence-corrected chi connectivity index (χ4v) is 3.15. The van der Waals surface area contributed by atoms with Crippen LogP contribution < -0.4 is 5.32 Å². The molecule has 1 aromatic heterocycles. The van der Waals surface area contributed by atoms with Gasteiger partial charge in [0.2, 0.25) is 0 Å². The summed E-state index contributed by atoms with van der Waals surface area (Å²) in [5, 5.41) is 2.48. The van der Waals surface area contributed by atoms with Crippen LogP contribution >= 0.6 is 0 Å². The highest BCUT2D eigenvalue weighted by Crippen LogP contribution is 2.25. The molecule has 1 aliphatic heterocycles. The summed E-state index contributed by atoms with van der Waals surface area (Å²) in [7, 11) is 1.36. The Bertz CT molecular complexity index is 804. The molecular weight excluding hydrogens is 369 g/mol. The number of hydrogen-bond acceptors (Lipinski definition) is 6. The third-order valence-corrected chi connectivity index (χ3v) is 4.68. The van der Waals surface area contributed by atoms with Crippen LogP contribution in [0.1, 0.15) is 24.2 Å². The van der Waals surface area contributed by atoms with Gasteiger partial charge in [0.15, 0.2) is 18.8 Å². The Labute approximate surface area is 161 Å². The summed E-state index contributed by atoms with van der Waals surface area (Å²) < 4.78 is 29.1. The summed E-state index contributed by atoms with van der Waals surface area (Å²) in [6, 6.07) is 4.57. The Morgan fingerprint density at radius 2 is 2.14 bits per heavy atom. The minimum absolute atomic E-state index is 0.0589. The van der Waals surface area contributed by atoms with Gasteiger partial charge in [0.1, 0.15) is 5.82 Å². The maximum absolute atomic E-state index is 14.4. The van der Waals surface area contributed by atoms with Crippen molar-refractivity contribution in [3.05, 3.63) is 47.9 Å². The maximum atomic E-state index is 14.4. The Kier molecular flexibility index (Phi) is 6.46. The van der Waals surface area contributed by atoms with Crippen molar-refractivity contribution in [2.45, 2.75) is 25.9 Å². The minimum atomic E-state index is -0.710. The van der Waals surface area contributed by atoms with Crippen LogP contribution in [0, 0.1) is 11.7 Å². The third-order valence-electron chi connectivity index (χ3n) is 4.68. The number of carbonyl (C=O) groups is 2. The van der Waals surface area contributed by atoms with Gasteiger partial charge in [-0.25, -0.2) is 19.0 Å². The van der Waals surface area contributed by atoms with Crippen molar-refractivity contribution in [3.63, 3.8) is 0 Å². The van der Waals surface area contributed by atoms with Crippen molar-refractivity contribution in [1.82, 2.24) is 9.88 Å². The van der Waals surface area contributed by atoms with Gasteiger partial charge in [0.25, 0.3) is 0 Å². The molecule has 0 aliphatic carbocycles. The molecule has 0 saturated carbocycles. The Balaban J connectivity index is 1.48. The zero-order chi connectivity index (χ0) is 19.9. The first kappa shape index (κ1) is 19.7. The third kappa shape index (κ3) is 5.21. The van der Waals surface area contributed by atoms with Crippen molar-refractivity contribution in [2.75, 3.05) is 25.5 Å². The van der Waals surface area contributed by atoms with Crippen molar-refractivity contribution >= 4 is 17.9 Å². The highest BCUT2D eigenvalue weighted by atomic mass is 19.1. The molecule has 2 heterocycles. The number of oxazole rings is 1. The zero-order valence-electron chi connectivity index (χ0n) is 15.5. The molecule has 8 nitrogen and oxygen atoms in total. The van der Waals surface area contributed by atoms with E-state index in [2.05, 4.69) is 10.3 Å². The molecule has 1 aliphatic rings. The van der Waals surface area contributed by atoms with Crippen molar-refractivity contribution in [2.24, 2.45) is 5.92 Å². The van der Waals surface area contributed by atoms with Crippen molar-refractivity contribution in [1.29, 1.82) is 0 Å². The van der Waals surface area contributed by atoms with Gasteiger partial charge in [-0.1, -0.05) is 6.07 Å². The van der Waals surface area contributed by atoms with Gasteiger partial charge in [-0.3, -0.25) is 5.32 Å². The van der Waals surface area contributed by atoms with Crippen molar-refractivity contribution < 1.29 is 27.9 Å². The summed E-state index contributed by atoms with van der Waals surface area (Å²) in [6.07, 6.45) is 3.82. The number of likely N-dealkylation sites (tertiary alicyclic amines) is 1. The molecule has 0 radical (unpaired) electrons. The van der Waals surface area contributed by atoms with E-state index in [4.69, 9.17) is 13.9 Å². The summed E-state index contributed by atoms with van der Waals surface area (Å²) in [6.45, 7) is 1.15. The van der Waals surface area contributed by atoms with Crippen LogP contribution in [0.4, 0.5) is 19.7 Å². The van der Waals surface area contributed by atoms with Crippen LogP contribution in [0.2, 0.25) is 0 Å². The van der Waals surface area contributed by atoms with Crippen LogP contribution in [0.3, 0.4) is 0 Å². The predicted octanol–water partition coefficient (Wildman–Crippen LogP) is 3.58. The second kappa shape index (κ2) is 9.20. The number of hydrogen-bond donors (Lipinski definition) is 1. The molecular formula is C19H22FN3O5. The monoisotopic (exact) mass is 391 g/mol. The molecule has 0 spiro atoms. The number of halogens is 1. The quantitative estimate of drug-likeness (QED) is 0.837. The van der Waals surface area contributed by atoms with Crippen LogP contribution in [0.15, 0.2) is 35.2 Å². The smallest absolute Gasteiger partial charge is 0.412 e. The first-order valence-electron chi connectivity index (χ1n) is 8.97. The van der Waals surface area contributed by atoms with E-state index < -0.39 is 6.09 Å². The molecule has 0 atom stereocenters. The van der Waals surface area contributed by atoms with Crippen LogP contribution in [0.25, 0.3) is 0 Å². The van der Waals surface area contributed by atoms with E-state index >= 15 is 0 Å². The number of methoxy groups -OCH3 is 1. The summed E-state index contributed by atoms with van der Waals surface area (Å²) in [4.78, 5) is 28.7. The zero-order valence-corrected chi connectivity index (χ0v) is 15.5. The van der Waals surface area contributed by atoms with Gasteiger partial charge in [0.05, 0.1) is 13.3 Å². The molecule has 0 unspecified atom stereocenters. The minimum Gasteiger partial charge on any atom is -0.453 e. The first-order valence-corrected chi connectivity index (χ1v) is 8.97. The van der Waals surface area contributed by atoms with E-state index in [0.29, 0.717) is 42.4 Å². The van der Waals surface area contributed by atoms with Gasteiger partial charge in [-0.2, -0.15) is 0 Å². The number of carbonyl (C=O) groups excluding carboxylic acids is 2. The van der Waals surface area contributed by atoms with Gasteiger partial charge < -0.3 is 18.8 Å². The molecule has 3 rings (SSSR count). The molecule has 150 valence electrons. The number of rotatable bonds is 5. The lowest BCUT2D eigenvalue weighted by atomic mass is 9.90. The number of amides is 2. The molecule has 0 bridgehead atoms. The van der Waals surface area contributed by atoms with E-state index in [-0.39, 0.29) is 18.5 Å². The van der Waals surface area contributed by atoms with Gasteiger partial charge in [0, 0.05) is 18.8 Å². The van der Waals surface area contributed by atoms with E-state index in [1.807, 2.05) is 0 Å². The normalized spacial score (nSPS) is 14.6. The number of anilines is 1. The largest absolute Gasteiger partial charge is 0.453 e. The van der Waals surface area contributed by atoms with E-state index in [1.54, 1.807) is 17.0 Å². The van der Waals surface area contributed by atoms with Gasteiger partial charge in [-0.15, -0.1) is 0 Å². The highest BCUT2D eigenvalue weighted by Gasteiger charge is 2.24. The highest BCUT2D eigenvalue weighted by molar-refractivity contribution is 5.84. The number of benzene rings is 1. The summed E-state index contributed by atoms with van der Waals surface area (Å²) >= 11 is 0. The molecule has 1 N–H and O–H groups in total. The van der Waals surface area contributed by atoms with E-state index in [0.717, 1.165) is 12.8 Å². The number of ether oxygens (including phenoxy) is 2. The SMILES string of the molecule is COC(=O)N1CCC(Cc2ccc(NC(=O)OCc3cnco3)cc2F)CC1. The first-order chi connectivity index (χ1) is 13.5. The maximum Gasteiger partial charge on any atom is 0.412 e. The Hall–Kier alpha value is -3.10. The molecule has 1 saturated heterocycles. The lowest BCUT2D eigenvalue weighted by Gasteiger charge is -2.31. The van der Waals surface area contributed by atoms with Gasteiger partial charge in [-0.05, 0) is 42.9 Å². The molecule has 1 aromatic carbocycles. The average molecular weight is 391 g/mol. The summed E-state index contributed by atoms with van der Waals surface area (Å²) in [5.41, 5.74) is 0.890. The van der Waals surface area contributed by atoms with Crippen molar-refractivity contribution in [3.8, 4) is 0 Å². The van der Waals surface area contributed by atoms with Gasteiger partial charge >= 0.3 is 12.2 Å². The molecule has 9 heteroatoms. The van der Waals surface area contributed by atoms with Crippen LogP contribution in [-0.2, 0) is 22.5 Å². The Morgan fingerprint density at radius 1 is 1.36 bits per heavy atom. The molecule has 1 fully saturated rings. The standard InChI is InChI=1S/C19H22FN3O5/c1-26-19(25)23-6-4-13(5-7-23)8-14-2-3-15(9-17(14)20)22-18(24)27-11-16-10-21-12-28-16/h2-3,9-10,12-13H,4-8,11H2,1H3,(H,22,24). The molecule has 28 heavy (non-hydrogen) atoms. The van der Waals surface area contributed by atoms with Crippen LogP contribution in [0.5, 0.6) is 0 Å². The van der Waals surface area contributed by atoms with Crippen LogP contribution in [-0.4, -0.2) is 42.3 Å². The lowest BCUT2D eigenvalue weighted by Crippen LogP contribution is -2.38. The molecule has 2 aromatic rings. The predicted molar refractivity (Wildman–Crippen MR) is 97.1 cm³/mol. The number of piperidine rings is 1. The number of aromatic nitrogens is 1. The second-order valence-corrected chi connectivity index (χ2v) is 6.58. The lowest BCUT2D eigenvalue weighted by molar-refractivity contribution is 0.106. The molecule has 2 amide bonds. The fraction of sp³-hybridized carbons (Fsp3) is 0.421. The number of nitrogens with one attached hydrogen (secondary N) is 1. The second-order valence-electron chi connectivity index (χ2n) is 6.58.